The van der Waals surface area contributed by atoms with Crippen molar-refractivity contribution in [2.24, 2.45) is 0 Å². The molecule has 0 aliphatic carbocycles. The van der Waals surface area contributed by atoms with E-state index in [0.29, 0.717) is 22.6 Å². The van der Waals surface area contributed by atoms with Gasteiger partial charge in [-0.15, -0.1) is 0 Å². The van der Waals surface area contributed by atoms with Crippen molar-refractivity contribution in [2.75, 3.05) is 29.2 Å². The molecule has 0 bridgehead atoms. The number of carbonyl (C=O) groups excluding carboxylic acids is 2. The molecule has 2 aromatic carbocycles. The first-order valence-electron chi connectivity index (χ1n) is 8.47. The van der Waals surface area contributed by atoms with Gasteiger partial charge in [-0.05, 0) is 36.4 Å². The Balaban J connectivity index is 1.53. The second-order valence-corrected chi connectivity index (χ2v) is 7.39. The zero-order chi connectivity index (χ0) is 19.9. The first-order valence-corrected chi connectivity index (χ1v) is 9.96. The van der Waals surface area contributed by atoms with E-state index in [4.69, 9.17) is 4.74 Å². The van der Waals surface area contributed by atoms with Crippen LogP contribution < -0.4 is 15.4 Å². The van der Waals surface area contributed by atoms with Crippen molar-refractivity contribution in [1.82, 2.24) is 4.98 Å². The van der Waals surface area contributed by atoms with Crippen molar-refractivity contribution in [3.8, 4) is 5.75 Å². The number of anilines is 2. The largest absolute Gasteiger partial charge is 0.497 e. The molecule has 0 fully saturated rings. The van der Waals surface area contributed by atoms with Gasteiger partial charge in [0.1, 0.15) is 17.3 Å². The van der Waals surface area contributed by atoms with Crippen LogP contribution in [0.3, 0.4) is 0 Å². The molecule has 3 rings (SSSR count). The Morgan fingerprint density at radius 3 is 2.36 bits per heavy atom. The number of aromatic nitrogens is 1. The van der Waals surface area contributed by atoms with Gasteiger partial charge in [-0.25, -0.2) is 0 Å². The first-order chi connectivity index (χ1) is 13.5. The first kappa shape index (κ1) is 19.5. The lowest BCUT2D eigenvalue weighted by molar-refractivity contribution is -0.114. The van der Waals surface area contributed by atoms with Crippen molar-refractivity contribution in [3.63, 3.8) is 0 Å². The molecule has 0 radical (unpaired) electrons. The number of methoxy groups -OCH3 is 1. The number of fused-ring (bicyclic) bond motifs is 1. The summed E-state index contributed by atoms with van der Waals surface area (Å²) in [5, 5.41) is 6.24. The lowest BCUT2D eigenvalue weighted by Crippen LogP contribution is -2.26. The summed E-state index contributed by atoms with van der Waals surface area (Å²) in [6, 6.07) is 15.9. The van der Waals surface area contributed by atoms with Crippen LogP contribution in [0.15, 0.2) is 60.8 Å². The smallest absolute Gasteiger partial charge is 0.237 e. The third-order valence-corrected chi connectivity index (χ3v) is 5.03. The minimum absolute atomic E-state index is 0.271. The number of hydrogen-bond acceptors (Lipinski definition) is 5. The monoisotopic (exact) mass is 397 g/mol. The number of amides is 2. The van der Waals surface area contributed by atoms with Gasteiger partial charge in [0.25, 0.3) is 0 Å². The number of pyridine rings is 1. The molecule has 1 heterocycles. The van der Waals surface area contributed by atoms with Gasteiger partial charge in [0.05, 0.1) is 18.3 Å². The zero-order valence-electron chi connectivity index (χ0n) is 15.2. The second-order valence-electron chi connectivity index (χ2n) is 5.93. The molecular weight excluding hydrogens is 378 g/mol. The van der Waals surface area contributed by atoms with E-state index < -0.39 is 22.6 Å². The zero-order valence-corrected chi connectivity index (χ0v) is 16.0. The minimum Gasteiger partial charge on any atom is -0.497 e. The van der Waals surface area contributed by atoms with Gasteiger partial charge in [0.15, 0.2) is 0 Å². The lowest BCUT2D eigenvalue weighted by Gasteiger charge is -2.08. The molecule has 2 amide bonds. The number of carbonyl (C=O) groups is 2. The summed E-state index contributed by atoms with van der Waals surface area (Å²) >= 11 is 0. The number of nitrogens with one attached hydrogen (secondary N) is 2. The fourth-order valence-corrected chi connectivity index (χ4v) is 3.44. The van der Waals surface area contributed by atoms with Crippen LogP contribution in [0.2, 0.25) is 0 Å². The van der Waals surface area contributed by atoms with Gasteiger partial charge in [0, 0.05) is 28.1 Å². The molecule has 1 aromatic heterocycles. The predicted octanol–water partition coefficient (Wildman–Crippen LogP) is 2.57. The highest BCUT2D eigenvalue weighted by Crippen LogP contribution is 2.20. The Bertz CT molecular complexity index is 1020. The molecule has 8 heteroatoms. The van der Waals surface area contributed by atoms with Gasteiger partial charge in [-0.2, -0.15) is 0 Å². The molecule has 7 nitrogen and oxygen atoms in total. The molecule has 1 atom stereocenters. The molecule has 0 aliphatic heterocycles. The van der Waals surface area contributed by atoms with E-state index in [1.807, 2.05) is 18.2 Å². The third kappa shape index (κ3) is 5.14. The number of ether oxygens (including phenoxy) is 1. The molecule has 2 N–H and O–H groups in total. The van der Waals surface area contributed by atoms with E-state index in [-0.39, 0.29) is 11.5 Å². The van der Waals surface area contributed by atoms with E-state index in [1.165, 1.54) is 0 Å². The maximum atomic E-state index is 12.2. The Morgan fingerprint density at radius 1 is 0.964 bits per heavy atom. The van der Waals surface area contributed by atoms with Crippen LogP contribution in [-0.2, 0) is 20.4 Å². The van der Waals surface area contributed by atoms with Crippen LogP contribution in [0, 0.1) is 0 Å². The summed E-state index contributed by atoms with van der Waals surface area (Å²) in [6.45, 7) is 0. The average Bonchev–Trinajstić information content (AvgIpc) is 2.68. The molecule has 0 saturated carbocycles. The number of rotatable bonds is 7. The van der Waals surface area contributed by atoms with E-state index in [1.54, 1.807) is 49.7 Å². The molecule has 0 aliphatic rings. The third-order valence-electron chi connectivity index (χ3n) is 3.86. The van der Waals surface area contributed by atoms with Crippen molar-refractivity contribution in [1.29, 1.82) is 0 Å². The standard InChI is InChI=1S/C20H19N3O4S/c1-27-16-9-7-15(8-10-16)22-18(24)12-28(26)13-19(25)23-17-6-2-4-14-5-3-11-21-20(14)17/h2-11H,12-13H2,1H3,(H,22,24)(H,23,25)/t28-/m1/s1. The van der Waals surface area contributed by atoms with E-state index >= 15 is 0 Å². The Kier molecular flexibility index (Phi) is 6.33. The number of para-hydroxylation sites is 1. The molecule has 0 unspecified atom stereocenters. The number of nitrogens with zero attached hydrogens (tertiary/aromatic N) is 1. The van der Waals surface area contributed by atoms with Gasteiger partial charge < -0.3 is 15.4 Å². The normalized spacial score (nSPS) is 11.6. The molecule has 144 valence electrons. The predicted molar refractivity (Wildman–Crippen MR) is 110 cm³/mol. The van der Waals surface area contributed by atoms with Gasteiger partial charge in [-0.3, -0.25) is 18.8 Å². The topological polar surface area (TPSA) is 97.4 Å². The summed E-state index contributed by atoms with van der Waals surface area (Å²) in [6.07, 6.45) is 1.64. The summed E-state index contributed by atoms with van der Waals surface area (Å²) in [4.78, 5) is 28.5. The van der Waals surface area contributed by atoms with Crippen LogP contribution in [0.25, 0.3) is 10.9 Å². The van der Waals surface area contributed by atoms with Crippen LogP contribution >= 0.6 is 0 Å². The van der Waals surface area contributed by atoms with Crippen LogP contribution in [0.1, 0.15) is 0 Å². The highest BCUT2D eigenvalue weighted by molar-refractivity contribution is 7.86. The van der Waals surface area contributed by atoms with Crippen molar-refractivity contribution in [3.05, 3.63) is 60.8 Å². The Hall–Kier alpha value is -3.26. The SMILES string of the molecule is COc1ccc(NC(=O)C[S@@](=O)CC(=O)Nc2cccc3cccnc23)cc1. The summed E-state index contributed by atoms with van der Waals surface area (Å²) in [5.74, 6) is -0.745. The fraction of sp³-hybridized carbons (Fsp3) is 0.150. The van der Waals surface area contributed by atoms with Gasteiger partial charge >= 0.3 is 0 Å². The van der Waals surface area contributed by atoms with Crippen LogP contribution in [0.4, 0.5) is 11.4 Å². The lowest BCUT2D eigenvalue weighted by atomic mass is 10.2. The Labute approximate surface area is 164 Å². The van der Waals surface area contributed by atoms with Crippen molar-refractivity contribution < 1.29 is 18.5 Å². The van der Waals surface area contributed by atoms with E-state index in [9.17, 15) is 13.8 Å². The van der Waals surface area contributed by atoms with Crippen LogP contribution in [0.5, 0.6) is 5.75 Å². The van der Waals surface area contributed by atoms with Crippen molar-refractivity contribution in [2.45, 2.75) is 0 Å². The summed E-state index contributed by atoms with van der Waals surface area (Å²) < 4.78 is 17.2. The second kappa shape index (κ2) is 9.09. The van der Waals surface area contributed by atoms with E-state index in [0.717, 1.165) is 5.39 Å². The van der Waals surface area contributed by atoms with Gasteiger partial charge in [0.2, 0.25) is 11.8 Å². The van der Waals surface area contributed by atoms with Crippen molar-refractivity contribution >= 4 is 44.9 Å². The fourth-order valence-electron chi connectivity index (χ4n) is 2.61. The maximum Gasteiger partial charge on any atom is 0.237 e. The highest BCUT2D eigenvalue weighted by Gasteiger charge is 2.14. The number of hydrogen-bond donors (Lipinski definition) is 2. The molecule has 28 heavy (non-hydrogen) atoms. The molecular formula is C20H19N3O4S. The van der Waals surface area contributed by atoms with Crippen LogP contribution in [-0.4, -0.2) is 39.6 Å². The molecule has 3 aromatic rings. The minimum atomic E-state index is -1.64. The maximum absolute atomic E-state index is 12.2. The van der Waals surface area contributed by atoms with Gasteiger partial charge in [-0.1, -0.05) is 18.2 Å². The summed E-state index contributed by atoms with van der Waals surface area (Å²) in [5.41, 5.74) is 1.76. The quantitative estimate of drug-likeness (QED) is 0.639. The van der Waals surface area contributed by atoms with E-state index in [2.05, 4.69) is 15.6 Å². The molecule has 0 saturated heterocycles. The number of benzene rings is 2. The summed E-state index contributed by atoms with van der Waals surface area (Å²) in [7, 11) is -0.0847. The highest BCUT2D eigenvalue weighted by atomic mass is 32.2. The molecule has 0 spiro atoms. The Morgan fingerprint density at radius 2 is 1.64 bits per heavy atom. The average molecular weight is 397 g/mol.